The molecule has 0 amide bonds. The van der Waals surface area contributed by atoms with Gasteiger partial charge in [0.1, 0.15) is 0 Å². The van der Waals surface area contributed by atoms with Gasteiger partial charge in [-0.1, -0.05) is 66.0 Å². The lowest BCUT2D eigenvalue weighted by Crippen LogP contribution is -2.51. The molecule has 0 aromatic carbocycles. The lowest BCUT2D eigenvalue weighted by molar-refractivity contribution is -0.0640. The number of methoxy groups -OCH3 is 1. The van der Waals surface area contributed by atoms with Gasteiger partial charge in [-0.2, -0.15) is 0 Å². The fraction of sp³-hybridized carbons (Fsp3) is 0.931. The fourth-order valence-electron chi connectivity index (χ4n) is 8.92. The maximum absolute atomic E-state index is 5.72. The highest BCUT2D eigenvalue weighted by Gasteiger charge is 2.59. The van der Waals surface area contributed by atoms with Crippen molar-refractivity contribution in [2.24, 2.45) is 52.3 Å². The first-order chi connectivity index (χ1) is 14.2. The van der Waals surface area contributed by atoms with E-state index in [0.29, 0.717) is 16.9 Å². The second-order valence-corrected chi connectivity index (χ2v) is 12.8. The minimum atomic E-state index is 0.378. The van der Waals surface area contributed by atoms with Crippen molar-refractivity contribution >= 4 is 0 Å². The Kier molecular flexibility index (Phi) is 6.53. The molecule has 4 rings (SSSR count). The number of hydrogen-bond acceptors (Lipinski definition) is 1. The topological polar surface area (TPSA) is 9.23 Å². The van der Waals surface area contributed by atoms with Crippen molar-refractivity contribution in [2.75, 3.05) is 7.11 Å². The summed E-state index contributed by atoms with van der Waals surface area (Å²) in [6.07, 6.45) is 17.2. The number of fused-ring (bicyclic) bond motifs is 5. The van der Waals surface area contributed by atoms with Gasteiger partial charge >= 0.3 is 0 Å². The first-order valence-electron chi connectivity index (χ1n) is 13.4. The molecular weight excluding hydrogens is 364 g/mol. The van der Waals surface area contributed by atoms with Crippen LogP contribution in [0.2, 0.25) is 0 Å². The molecule has 0 aromatic heterocycles. The van der Waals surface area contributed by atoms with Gasteiger partial charge in [-0.15, -0.1) is 0 Å². The molecule has 0 aliphatic heterocycles. The third kappa shape index (κ3) is 3.74. The van der Waals surface area contributed by atoms with E-state index in [1.165, 1.54) is 64.2 Å². The zero-order valence-corrected chi connectivity index (χ0v) is 21.2. The number of rotatable bonds is 6. The molecule has 9 atom stereocenters. The van der Waals surface area contributed by atoms with E-state index in [4.69, 9.17) is 4.74 Å². The summed E-state index contributed by atoms with van der Waals surface area (Å²) in [5, 5.41) is 0. The average molecular weight is 415 g/mol. The van der Waals surface area contributed by atoms with Gasteiger partial charge in [-0.25, -0.2) is 0 Å². The third-order valence-electron chi connectivity index (χ3n) is 11.3. The normalized spacial score (nSPS) is 45.3. The predicted molar refractivity (Wildman–Crippen MR) is 128 cm³/mol. The van der Waals surface area contributed by atoms with Crippen molar-refractivity contribution in [3.05, 3.63) is 11.6 Å². The highest BCUT2D eigenvalue weighted by molar-refractivity contribution is 5.25. The molecule has 0 heterocycles. The SMILES string of the molecule is CO[C@@H]1C=C2CC[C@@H]3[C@H]4CC[C@H]([C@H](C)CC[C@H](C)C(C)C)[C@]4(C)CC[C@H]3[C@@]2(C)CC1. The van der Waals surface area contributed by atoms with Crippen molar-refractivity contribution < 1.29 is 4.74 Å². The van der Waals surface area contributed by atoms with Gasteiger partial charge in [-0.3, -0.25) is 0 Å². The Morgan fingerprint density at radius 2 is 1.70 bits per heavy atom. The summed E-state index contributed by atoms with van der Waals surface area (Å²) in [5.74, 6) is 6.49. The molecule has 3 saturated carbocycles. The number of ether oxygens (including phenoxy) is 1. The monoisotopic (exact) mass is 414 g/mol. The van der Waals surface area contributed by atoms with Gasteiger partial charge < -0.3 is 4.74 Å². The molecule has 4 aliphatic carbocycles. The largest absolute Gasteiger partial charge is 0.377 e. The zero-order valence-electron chi connectivity index (χ0n) is 21.2. The second-order valence-electron chi connectivity index (χ2n) is 12.8. The van der Waals surface area contributed by atoms with Crippen molar-refractivity contribution in [1.82, 2.24) is 0 Å². The summed E-state index contributed by atoms with van der Waals surface area (Å²) in [7, 11) is 1.89. The summed E-state index contributed by atoms with van der Waals surface area (Å²) in [6, 6.07) is 0. The molecular formula is C29H50O. The van der Waals surface area contributed by atoms with Crippen LogP contribution in [0.1, 0.15) is 106 Å². The Hall–Kier alpha value is -0.300. The molecule has 3 fully saturated rings. The van der Waals surface area contributed by atoms with Crippen LogP contribution in [-0.2, 0) is 4.74 Å². The molecule has 0 N–H and O–H groups in total. The van der Waals surface area contributed by atoms with Crippen LogP contribution in [0.25, 0.3) is 0 Å². The minimum absolute atomic E-state index is 0.378. The quantitative estimate of drug-likeness (QED) is 0.397. The Bertz CT molecular complexity index is 634. The average Bonchev–Trinajstić information content (AvgIpc) is 3.08. The fourth-order valence-corrected chi connectivity index (χ4v) is 8.92. The molecule has 1 heteroatoms. The molecule has 4 aliphatic rings. The summed E-state index contributed by atoms with van der Waals surface area (Å²) in [6.45, 7) is 15.2. The van der Waals surface area contributed by atoms with Gasteiger partial charge in [0.15, 0.2) is 0 Å². The number of allylic oxidation sites excluding steroid dienone is 1. The molecule has 0 radical (unpaired) electrons. The lowest BCUT2D eigenvalue weighted by Gasteiger charge is -2.59. The first kappa shape index (κ1) is 22.9. The van der Waals surface area contributed by atoms with Gasteiger partial charge in [0.2, 0.25) is 0 Å². The standard InChI is InChI=1S/C29H50O/c1-19(2)20(3)8-9-21(4)25-12-13-26-24-11-10-22-18-23(30-7)14-16-28(22,5)27(24)15-17-29(25,26)6/h18-21,23-27H,8-17H2,1-7H3/t20-,21+,23-,24+,25+,26+,27+,28-,29-/m0/s1. The Morgan fingerprint density at radius 1 is 0.933 bits per heavy atom. The smallest absolute Gasteiger partial charge is 0.0755 e. The zero-order chi connectivity index (χ0) is 21.7. The number of hydrogen-bond donors (Lipinski definition) is 0. The Labute approximate surface area is 187 Å². The van der Waals surface area contributed by atoms with E-state index < -0.39 is 0 Å². The summed E-state index contributed by atoms with van der Waals surface area (Å²) in [5.41, 5.74) is 2.84. The van der Waals surface area contributed by atoms with Crippen LogP contribution in [0.5, 0.6) is 0 Å². The van der Waals surface area contributed by atoms with Gasteiger partial charge in [0.25, 0.3) is 0 Å². The third-order valence-corrected chi connectivity index (χ3v) is 11.3. The Morgan fingerprint density at radius 3 is 2.40 bits per heavy atom. The van der Waals surface area contributed by atoms with Crippen molar-refractivity contribution in [2.45, 2.75) is 112 Å². The van der Waals surface area contributed by atoms with E-state index in [1.807, 2.05) is 7.11 Å². The van der Waals surface area contributed by atoms with E-state index >= 15 is 0 Å². The van der Waals surface area contributed by atoms with E-state index in [9.17, 15) is 0 Å². The van der Waals surface area contributed by atoms with Gasteiger partial charge in [0.05, 0.1) is 6.10 Å². The highest BCUT2D eigenvalue weighted by Crippen LogP contribution is 2.67. The maximum Gasteiger partial charge on any atom is 0.0755 e. The minimum Gasteiger partial charge on any atom is -0.377 e. The molecule has 0 bridgehead atoms. The first-order valence-corrected chi connectivity index (χ1v) is 13.4. The van der Waals surface area contributed by atoms with E-state index in [0.717, 1.165) is 41.4 Å². The van der Waals surface area contributed by atoms with E-state index in [1.54, 1.807) is 5.57 Å². The molecule has 172 valence electrons. The van der Waals surface area contributed by atoms with Crippen molar-refractivity contribution in [3.8, 4) is 0 Å². The van der Waals surface area contributed by atoms with E-state index in [2.05, 4.69) is 47.6 Å². The summed E-state index contributed by atoms with van der Waals surface area (Å²) >= 11 is 0. The summed E-state index contributed by atoms with van der Waals surface area (Å²) < 4.78 is 5.72. The van der Waals surface area contributed by atoms with Crippen LogP contribution in [0, 0.1) is 52.3 Å². The van der Waals surface area contributed by atoms with Crippen LogP contribution in [0.4, 0.5) is 0 Å². The van der Waals surface area contributed by atoms with Crippen LogP contribution >= 0.6 is 0 Å². The highest BCUT2D eigenvalue weighted by atomic mass is 16.5. The van der Waals surface area contributed by atoms with Crippen LogP contribution < -0.4 is 0 Å². The van der Waals surface area contributed by atoms with Crippen LogP contribution in [-0.4, -0.2) is 13.2 Å². The van der Waals surface area contributed by atoms with Crippen LogP contribution in [0.3, 0.4) is 0 Å². The molecule has 0 unspecified atom stereocenters. The van der Waals surface area contributed by atoms with Crippen LogP contribution in [0.15, 0.2) is 11.6 Å². The molecule has 30 heavy (non-hydrogen) atoms. The predicted octanol–water partition coefficient (Wildman–Crippen LogP) is 8.29. The van der Waals surface area contributed by atoms with E-state index in [-0.39, 0.29) is 0 Å². The molecule has 1 nitrogen and oxygen atoms in total. The second kappa shape index (κ2) is 8.57. The maximum atomic E-state index is 5.72. The Balaban J connectivity index is 1.48. The van der Waals surface area contributed by atoms with Crippen molar-refractivity contribution in [1.29, 1.82) is 0 Å². The molecule has 0 saturated heterocycles. The van der Waals surface area contributed by atoms with Crippen molar-refractivity contribution in [3.63, 3.8) is 0 Å². The summed E-state index contributed by atoms with van der Waals surface area (Å²) in [4.78, 5) is 0. The van der Waals surface area contributed by atoms with Gasteiger partial charge in [-0.05, 0) is 104 Å². The molecule has 0 aromatic rings. The molecule has 0 spiro atoms. The van der Waals surface area contributed by atoms with Gasteiger partial charge in [0, 0.05) is 7.11 Å². The lowest BCUT2D eigenvalue weighted by atomic mass is 9.46.